The molecule has 1 rings (SSSR count). The van der Waals surface area contributed by atoms with Gasteiger partial charge in [-0.3, -0.25) is 9.59 Å². The molecule has 4 N–H and O–H groups in total. The van der Waals surface area contributed by atoms with Gasteiger partial charge < -0.3 is 39.4 Å². The number of allylic oxidation sites excluding steroid dienone is 8. The highest BCUT2D eigenvalue weighted by Gasteiger charge is 2.44. The van der Waals surface area contributed by atoms with Gasteiger partial charge in [-0.2, -0.15) is 0 Å². The van der Waals surface area contributed by atoms with E-state index in [0.29, 0.717) is 6.42 Å². The van der Waals surface area contributed by atoms with Gasteiger partial charge in [0, 0.05) is 12.8 Å². The molecule has 0 saturated carbocycles. The molecular formula is C43H74O10. The van der Waals surface area contributed by atoms with E-state index in [4.69, 9.17) is 18.9 Å². The number of aliphatic hydroxyl groups excluding tert-OH is 4. The van der Waals surface area contributed by atoms with Crippen LogP contribution in [0.25, 0.3) is 0 Å². The topological polar surface area (TPSA) is 152 Å². The SMILES string of the molecule is CC/C=C\C/C=C\C/C=C\C/C=C\CCC(=O)OC(COC(=O)CCCCCCCCCCCCCCCCC)COC1OC(CO)C(O)C(O)C1O. The number of rotatable bonds is 33. The second-order valence-electron chi connectivity index (χ2n) is 14.1. The van der Waals surface area contributed by atoms with E-state index < -0.39 is 55.4 Å². The van der Waals surface area contributed by atoms with Gasteiger partial charge in [0.25, 0.3) is 0 Å². The molecule has 53 heavy (non-hydrogen) atoms. The lowest BCUT2D eigenvalue weighted by Crippen LogP contribution is -2.59. The van der Waals surface area contributed by atoms with Crippen molar-refractivity contribution < 1.29 is 49.0 Å². The Morgan fingerprint density at radius 2 is 1.11 bits per heavy atom. The molecular weight excluding hydrogens is 676 g/mol. The van der Waals surface area contributed by atoms with E-state index in [1.165, 1.54) is 77.0 Å². The number of unbranched alkanes of at least 4 members (excludes halogenated alkanes) is 14. The average molecular weight is 751 g/mol. The first-order chi connectivity index (χ1) is 25.8. The number of hydrogen-bond acceptors (Lipinski definition) is 10. The van der Waals surface area contributed by atoms with Crippen molar-refractivity contribution in [2.45, 2.75) is 192 Å². The van der Waals surface area contributed by atoms with Crippen molar-refractivity contribution in [2.75, 3.05) is 19.8 Å². The molecule has 1 fully saturated rings. The van der Waals surface area contributed by atoms with Gasteiger partial charge in [-0.05, 0) is 38.5 Å². The molecule has 1 aliphatic heterocycles. The van der Waals surface area contributed by atoms with Crippen LogP contribution in [0.5, 0.6) is 0 Å². The number of carbonyl (C=O) groups excluding carboxylic acids is 2. The highest BCUT2D eigenvalue weighted by Crippen LogP contribution is 2.22. The highest BCUT2D eigenvalue weighted by atomic mass is 16.7. The van der Waals surface area contributed by atoms with Gasteiger partial charge >= 0.3 is 11.9 Å². The third-order valence-corrected chi connectivity index (χ3v) is 9.24. The summed E-state index contributed by atoms with van der Waals surface area (Å²) in [5.74, 6) is -0.901. The summed E-state index contributed by atoms with van der Waals surface area (Å²) in [4.78, 5) is 25.2. The lowest BCUT2D eigenvalue weighted by molar-refractivity contribution is -0.305. The van der Waals surface area contributed by atoms with Crippen molar-refractivity contribution in [2.24, 2.45) is 0 Å². The van der Waals surface area contributed by atoms with Crippen LogP contribution in [0.1, 0.15) is 155 Å². The van der Waals surface area contributed by atoms with Crippen LogP contribution < -0.4 is 0 Å². The summed E-state index contributed by atoms with van der Waals surface area (Å²) in [5.41, 5.74) is 0. The van der Waals surface area contributed by atoms with E-state index >= 15 is 0 Å². The number of ether oxygens (including phenoxy) is 4. The molecule has 0 aliphatic carbocycles. The number of hydrogen-bond donors (Lipinski definition) is 4. The van der Waals surface area contributed by atoms with Crippen molar-refractivity contribution in [1.82, 2.24) is 0 Å². The first-order valence-electron chi connectivity index (χ1n) is 20.7. The molecule has 0 aromatic heterocycles. The van der Waals surface area contributed by atoms with E-state index in [-0.39, 0.29) is 26.1 Å². The quantitative estimate of drug-likeness (QED) is 0.0294. The van der Waals surface area contributed by atoms with Gasteiger partial charge in [0.05, 0.1) is 13.2 Å². The first-order valence-corrected chi connectivity index (χ1v) is 20.7. The Labute approximate surface area is 320 Å². The maximum atomic E-state index is 12.7. The summed E-state index contributed by atoms with van der Waals surface area (Å²) in [6.07, 6.45) is 31.4. The lowest BCUT2D eigenvalue weighted by Gasteiger charge is -2.39. The molecule has 0 amide bonds. The fraction of sp³-hybridized carbons (Fsp3) is 0.767. The van der Waals surface area contributed by atoms with Crippen LogP contribution in [0.3, 0.4) is 0 Å². The van der Waals surface area contributed by atoms with Crippen molar-refractivity contribution in [3.63, 3.8) is 0 Å². The first kappa shape index (κ1) is 48.7. The Bertz CT molecular complexity index is 1010. The third-order valence-electron chi connectivity index (χ3n) is 9.24. The average Bonchev–Trinajstić information content (AvgIpc) is 3.15. The van der Waals surface area contributed by atoms with Gasteiger partial charge in [-0.1, -0.05) is 152 Å². The monoisotopic (exact) mass is 751 g/mol. The zero-order valence-corrected chi connectivity index (χ0v) is 33.0. The maximum Gasteiger partial charge on any atom is 0.306 e. The molecule has 1 saturated heterocycles. The molecule has 0 radical (unpaired) electrons. The van der Waals surface area contributed by atoms with Crippen LogP contribution >= 0.6 is 0 Å². The van der Waals surface area contributed by atoms with Crippen molar-refractivity contribution in [3.8, 4) is 0 Å². The van der Waals surface area contributed by atoms with Crippen molar-refractivity contribution in [3.05, 3.63) is 48.6 Å². The van der Waals surface area contributed by atoms with Gasteiger partial charge in [-0.25, -0.2) is 0 Å². The summed E-state index contributed by atoms with van der Waals surface area (Å²) in [5, 5.41) is 39.9. The fourth-order valence-corrected chi connectivity index (χ4v) is 5.97. The summed E-state index contributed by atoms with van der Waals surface area (Å²) in [6.45, 7) is 3.22. The zero-order chi connectivity index (χ0) is 38.8. The second kappa shape index (κ2) is 34.2. The molecule has 0 bridgehead atoms. The maximum absolute atomic E-state index is 12.7. The Morgan fingerprint density at radius 3 is 1.64 bits per heavy atom. The Kier molecular flexibility index (Phi) is 31.4. The van der Waals surface area contributed by atoms with Gasteiger partial charge in [-0.15, -0.1) is 0 Å². The van der Waals surface area contributed by atoms with Crippen LogP contribution in [0.15, 0.2) is 48.6 Å². The summed E-state index contributed by atoms with van der Waals surface area (Å²) >= 11 is 0. The van der Waals surface area contributed by atoms with Crippen LogP contribution in [-0.2, 0) is 28.5 Å². The molecule has 306 valence electrons. The molecule has 10 nitrogen and oxygen atoms in total. The Morgan fingerprint density at radius 1 is 0.604 bits per heavy atom. The van der Waals surface area contributed by atoms with Crippen molar-refractivity contribution in [1.29, 1.82) is 0 Å². The minimum atomic E-state index is -1.61. The minimum absolute atomic E-state index is 0.109. The molecule has 1 aliphatic rings. The number of carbonyl (C=O) groups is 2. The van der Waals surface area contributed by atoms with Crippen LogP contribution in [0, 0.1) is 0 Å². The molecule has 0 aromatic rings. The zero-order valence-electron chi connectivity index (χ0n) is 33.0. The molecule has 6 atom stereocenters. The van der Waals surface area contributed by atoms with Crippen LogP contribution in [-0.4, -0.2) is 89.0 Å². The predicted octanol–water partition coefficient (Wildman–Crippen LogP) is 8.10. The summed E-state index contributed by atoms with van der Waals surface area (Å²) < 4.78 is 22.0. The Balaban J connectivity index is 2.40. The normalized spacial score (nSPS) is 21.4. The number of esters is 2. The molecule has 6 unspecified atom stereocenters. The van der Waals surface area contributed by atoms with E-state index in [1.54, 1.807) is 0 Å². The van der Waals surface area contributed by atoms with E-state index in [9.17, 15) is 30.0 Å². The molecule has 0 aromatic carbocycles. The second-order valence-corrected chi connectivity index (χ2v) is 14.1. The van der Waals surface area contributed by atoms with Gasteiger partial charge in [0.1, 0.15) is 31.0 Å². The smallest absolute Gasteiger partial charge is 0.306 e. The summed E-state index contributed by atoms with van der Waals surface area (Å²) in [7, 11) is 0. The fourth-order valence-electron chi connectivity index (χ4n) is 5.97. The van der Waals surface area contributed by atoms with E-state index in [0.717, 1.165) is 44.9 Å². The molecule has 10 heteroatoms. The predicted molar refractivity (Wildman–Crippen MR) is 210 cm³/mol. The molecule has 0 spiro atoms. The van der Waals surface area contributed by atoms with Crippen molar-refractivity contribution >= 4 is 11.9 Å². The third kappa shape index (κ3) is 26.2. The minimum Gasteiger partial charge on any atom is -0.462 e. The van der Waals surface area contributed by atoms with Crippen LogP contribution in [0.4, 0.5) is 0 Å². The number of aliphatic hydroxyl groups is 4. The van der Waals surface area contributed by atoms with Gasteiger partial charge in [0.15, 0.2) is 12.4 Å². The highest BCUT2D eigenvalue weighted by molar-refractivity contribution is 5.70. The van der Waals surface area contributed by atoms with E-state index in [1.807, 2.05) is 12.2 Å². The van der Waals surface area contributed by atoms with E-state index in [2.05, 4.69) is 50.3 Å². The standard InChI is InChI=1S/C43H74O10/c1-3-5-7-9-11-13-15-17-18-20-21-23-25-27-29-31-38(45)50-34-36(35-51-43-42(49)41(48)40(47)37(33-44)53-43)52-39(46)32-30-28-26-24-22-19-16-14-12-10-8-6-4-2/h6,8,12,14,19,22,26,28,36-37,40-44,47-49H,3-5,7,9-11,13,15-18,20-21,23-25,27,29-35H2,1-2H3/b8-6-,14-12-,22-19-,28-26-. The summed E-state index contributed by atoms with van der Waals surface area (Å²) in [6, 6.07) is 0. The van der Waals surface area contributed by atoms with Gasteiger partial charge in [0.2, 0.25) is 0 Å². The van der Waals surface area contributed by atoms with Crippen LogP contribution in [0.2, 0.25) is 0 Å². The lowest BCUT2D eigenvalue weighted by atomic mass is 9.99. The molecule has 1 heterocycles. The largest absolute Gasteiger partial charge is 0.462 e. The Hall–Kier alpha value is -2.34.